The normalized spacial score (nSPS) is 11.7. The number of halogens is 4. The molecule has 0 atom stereocenters. The number of hydrogen-bond acceptors (Lipinski definition) is 8. The number of carbonyl (C=O) groups is 2. The quantitative estimate of drug-likeness (QED) is 0.0972. The fourth-order valence-corrected chi connectivity index (χ4v) is 6.15. The summed E-state index contributed by atoms with van der Waals surface area (Å²) in [5.74, 6) is -2.00. The number of aromatic carboxylic acids is 2. The summed E-state index contributed by atoms with van der Waals surface area (Å²) in [6.07, 6.45) is 5.69. The Labute approximate surface area is 345 Å². The van der Waals surface area contributed by atoms with E-state index in [1.54, 1.807) is 18.9 Å². The minimum absolute atomic E-state index is 0.141. The van der Waals surface area contributed by atoms with Gasteiger partial charge in [0.2, 0.25) is 0 Å². The smallest absolute Gasteiger partial charge is 0.416 e. The van der Waals surface area contributed by atoms with Gasteiger partial charge >= 0.3 is 18.1 Å². The van der Waals surface area contributed by atoms with E-state index >= 15 is 0 Å². The van der Waals surface area contributed by atoms with Crippen LogP contribution in [0.5, 0.6) is 0 Å². The molecular weight excluding hydrogens is 785 g/mol. The lowest BCUT2D eigenvalue weighted by atomic mass is 10.1. The van der Waals surface area contributed by atoms with Crippen LogP contribution in [0, 0.1) is 0 Å². The van der Waals surface area contributed by atoms with Crippen LogP contribution in [0.3, 0.4) is 0 Å². The maximum Gasteiger partial charge on any atom is 0.416 e. The van der Waals surface area contributed by atoms with Crippen molar-refractivity contribution in [2.45, 2.75) is 72.1 Å². The molecule has 0 fully saturated rings. The molecule has 0 amide bonds. The van der Waals surface area contributed by atoms with Gasteiger partial charge in [-0.3, -0.25) is 19.8 Å². The average Bonchev–Trinajstić information content (AvgIpc) is 3.89. The van der Waals surface area contributed by atoms with Gasteiger partial charge in [0.25, 0.3) is 0 Å². The molecule has 0 aliphatic carbocycles. The summed E-state index contributed by atoms with van der Waals surface area (Å²) in [5, 5.41) is 19.0. The first kappa shape index (κ1) is 44.2. The minimum atomic E-state index is -4.34. The predicted molar refractivity (Wildman–Crippen MR) is 219 cm³/mol. The summed E-state index contributed by atoms with van der Waals surface area (Å²) in [5.41, 5.74) is 3.99. The number of carboxylic acids is 2. The molecule has 310 valence electrons. The number of benzene rings is 2. The third-order valence-electron chi connectivity index (χ3n) is 9.52. The van der Waals surface area contributed by atoms with Crippen LogP contribution in [0.1, 0.15) is 65.1 Å². The second-order valence-electron chi connectivity index (χ2n) is 14.4. The molecule has 0 bridgehead atoms. The summed E-state index contributed by atoms with van der Waals surface area (Å²) in [6, 6.07) is 19.6. The molecule has 0 aliphatic heterocycles. The zero-order valence-electron chi connectivity index (χ0n) is 33.1. The number of alkyl halides is 3. The van der Waals surface area contributed by atoms with Crippen LogP contribution in [0.2, 0.25) is 5.02 Å². The maximum absolute atomic E-state index is 12.8. The third kappa shape index (κ3) is 13.1. The van der Waals surface area contributed by atoms with E-state index in [2.05, 4.69) is 43.6 Å². The number of carboxylic acid groups (broad SMARTS) is 2. The lowest BCUT2D eigenvalue weighted by molar-refractivity contribution is -0.137. The fourth-order valence-electron chi connectivity index (χ4n) is 6.02. The van der Waals surface area contributed by atoms with E-state index in [-0.39, 0.29) is 17.2 Å². The number of rotatable bonds is 16. The van der Waals surface area contributed by atoms with Crippen LogP contribution < -0.4 is 0 Å². The zero-order valence-corrected chi connectivity index (χ0v) is 33.8. The number of imidazole rings is 2. The van der Waals surface area contributed by atoms with Crippen molar-refractivity contribution in [3.8, 4) is 22.8 Å². The van der Waals surface area contributed by atoms with Crippen molar-refractivity contribution < 1.29 is 33.0 Å². The van der Waals surface area contributed by atoms with Gasteiger partial charge in [-0.2, -0.15) is 13.2 Å². The van der Waals surface area contributed by atoms with Crippen molar-refractivity contribution in [1.29, 1.82) is 0 Å². The molecule has 2 aromatic carbocycles. The van der Waals surface area contributed by atoms with Crippen molar-refractivity contribution in [2.75, 3.05) is 13.1 Å². The van der Waals surface area contributed by atoms with Crippen LogP contribution >= 0.6 is 11.6 Å². The first-order valence-corrected chi connectivity index (χ1v) is 19.2. The third-order valence-corrected chi connectivity index (χ3v) is 9.77. The second kappa shape index (κ2) is 20.2. The van der Waals surface area contributed by atoms with Crippen molar-refractivity contribution in [1.82, 2.24) is 38.9 Å². The van der Waals surface area contributed by atoms with E-state index < -0.39 is 23.7 Å². The first-order chi connectivity index (χ1) is 28.0. The Hall–Kier alpha value is -5.90. The van der Waals surface area contributed by atoms with E-state index in [9.17, 15) is 22.8 Å². The Morgan fingerprint density at radius 3 is 1.42 bits per heavy atom. The van der Waals surface area contributed by atoms with E-state index in [0.29, 0.717) is 48.5 Å². The molecule has 4 heterocycles. The molecule has 59 heavy (non-hydrogen) atoms. The SMILES string of the molecule is CC(C)N(CCn1cnc(-c2cc(C(=O)O)ccn2)c1)Cc1ccc(C(F)(F)F)cc1.CC(C)N(CCn1cnc(-c2cc(C(=O)O)ccn2)c1)Cc1ccc(Cl)cc1. The lowest BCUT2D eigenvalue weighted by Crippen LogP contribution is -2.33. The van der Waals surface area contributed by atoms with Crippen molar-refractivity contribution in [3.63, 3.8) is 0 Å². The summed E-state index contributed by atoms with van der Waals surface area (Å²) in [7, 11) is 0. The Morgan fingerprint density at radius 2 is 1.05 bits per heavy atom. The standard InChI is InChI=1S/C22H23F3N4O2.C21H23ClN4O2/c1-15(2)29(12-16-3-5-18(6-4-16)22(23,24)25)10-9-28-13-20(27-14-28)19-11-17(21(30)31)7-8-26-19;1-15(2)26(12-16-3-5-18(22)6-4-16)10-9-25-13-20(24-14-25)19-11-17(21(27)28)7-8-23-19/h3-8,11,13-15H,9-10,12H2,1-2H3,(H,30,31);3-8,11,13-15H,9-10,12H2,1-2H3,(H,27,28). The Morgan fingerprint density at radius 1 is 0.644 bits per heavy atom. The summed E-state index contributed by atoms with van der Waals surface area (Å²) < 4.78 is 42.1. The number of pyridine rings is 2. The largest absolute Gasteiger partial charge is 0.478 e. The van der Waals surface area contributed by atoms with Gasteiger partial charge in [0.05, 0.1) is 40.7 Å². The van der Waals surface area contributed by atoms with Crippen molar-refractivity contribution in [3.05, 3.63) is 143 Å². The highest BCUT2D eigenvalue weighted by atomic mass is 35.5. The molecule has 0 saturated carbocycles. The van der Waals surface area contributed by atoms with Crippen LogP contribution in [-0.2, 0) is 32.4 Å². The topological polar surface area (TPSA) is 142 Å². The van der Waals surface area contributed by atoms with E-state index in [4.69, 9.17) is 21.8 Å². The fraction of sp³-hybridized carbons (Fsp3) is 0.302. The van der Waals surface area contributed by atoms with Gasteiger partial charge in [0.1, 0.15) is 11.4 Å². The van der Waals surface area contributed by atoms with E-state index in [1.807, 2.05) is 53.4 Å². The number of nitrogens with zero attached hydrogens (tertiary/aromatic N) is 8. The van der Waals surface area contributed by atoms with Gasteiger partial charge in [-0.15, -0.1) is 0 Å². The van der Waals surface area contributed by atoms with E-state index in [0.717, 1.165) is 42.4 Å². The molecule has 0 aliphatic rings. The molecule has 0 unspecified atom stereocenters. The van der Waals surface area contributed by atoms with Crippen LogP contribution in [0.4, 0.5) is 13.2 Å². The molecule has 0 saturated heterocycles. The number of aromatic nitrogens is 6. The zero-order chi connectivity index (χ0) is 42.7. The summed E-state index contributed by atoms with van der Waals surface area (Å²) in [4.78, 5) is 43.9. The molecule has 2 N–H and O–H groups in total. The molecular formula is C43H46ClF3N8O4. The Balaban J connectivity index is 0.000000225. The Bertz CT molecular complexity index is 2290. The molecule has 0 radical (unpaired) electrons. The highest BCUT2D eigenvalue weighted by molar-refractivity contribution is 6.30. The van der Waals surface area contributed by atoms with Crippen molar-refractivity contribution >= 4 is 23.5 Å². The predicted octanol–water partition coefficient (Wildman–Crippen LogP) is 8.78. The van der Waals surface area contributed by atoms with Crippen molar-refractivity contribution in [2.24, 2.45) is 0 Å². The molecule has 12 nitrogen and oxygen atoms in total. The molecule has 4 aromatic heterocycles. The van der Waals surface area contributed by atoms with Crippen LogP contribution in [0.25, 0.3) is 22.8 Å². The molecule has 0 spiro atoms. The van der Waals surface area contributed by atoms with Gasteiger partial charge < -0.3 is 19.3 Å². The van der Waals surface area contributed by atoms with Crippen LogP contribution in [-0.4, -0.2) is 86.2 Å². The van der Waals surface area contributed by atoms with Gasteiger partial charge in [0.15, 0.2) is 0 Å². The highest BCUT2D eigenvalue weighted by Crippen LogP contribution is 2.29. The minimum Gasteiger partial charge on any atom is -0.478 e. The first-order valence-electron chi connectivity index (χ1n) is 18.9. The van der Waals surface area contributed by atoms with Gasteiger partial charge in [-0.05, 0) is 87.4 Å². The lowest BCUT2D eigenvalue weighted by Gasteiger charge is -2.26. The van der Waals surface area contributed by atoms with Gasteiger partial charge in [0, 0.05) is 81.2 Å². The summed E-state index contributed by atoms with van der Waals surface area (Å²) in [6.45, 7) is 12.7. The van der Waals surface area contributed by atoms with Gasteiger partial charge in [-0.25, -0.2) is 19.6 Å². The van der Waals surface area contributed by atoms with Gasteiger partial charge in [-0.1, -0.05) is 35.9 Å². The maximum atomic E-state index is 12.8. The highest BCUT2D eigenvalue weighted by Gasteiger charge is 2.30. The Kier molecular flexibility index (Phi) is 15.1. The van der Waals surface area contributed by atoms with Crippen LogP contribution in [0.15, 0.2) is 110 Å². The monoisotopic (exact) mass is 830 g/mol. The second-order valence-corrected chi connectivity index (χ2v) is 14.8. The van der Waals surface area contributed by atoms with E-state index in [1.165, 1.54) is 54.4 Å². The number of hydrogen-bond donors (Lipinski definition) is 2. The summed E-state index contributed by atoms with van der Waals surface area (Å²) >= 11 is 5.97. The molecule has 16 heteroatoms. The average molecular weight is 831 g/mol. The molecule has 6 aromatic rings. The molecule has 6 rings (SSSR count).